The second-order valence-electron chi connectivity index (χ2n) is 9.18. The van der Waals surface area contributed by atoms with Gasteiger partial charge in [0.2, 0.25) is 5.88 Å². The normalized spacial score (nSPS) is 20.6. The van der Waals surface area contributed by atoms with Crippen LogP contribution in [-0.4, -0.2) is 47.2 Å². The number of nitrogens with one attached hydrogen (secondary N) is 1. The number of unbranched alkanes of at least 4 members (excludes halogenated alkanes) is 1. The number of piperidine rings is 1. The van der Waals surface area contributed by atoms with Crippen LogP contribution in [0.3, 0.4) is 0 Å². The van der Waals surface area contributed by atoms with Gasteiger partial charge in [0.25, 0.3) is 0 Å². The van der Waals surface area contributed by atoms with E-state index in [0.717, 1.165) is 67.6 Å². The SMILES string of the molecule is CCCCc1nnc(OC[C@H]2CCNC[C@H]2O)cc1-c1ccc(OC2CCCCC2)cc1.Cl.Cl. The van der Waals surface area contributed by atoms with Gasteiger partial charge in [-0.25, -0.2) is 0 Å². The van der Waals surface area contributed by atoms with Gasteiger partial charge in [-0.3, -0.25) is 0 Å². The second-order valence-corrected chi connectivity index (χ2v) is 9.18. The molecule has 2 aliphatic rings. The van der Waals surface area contributed by atoms with Gasteiger partial charge in [0.15, 0.2) is 0 Å². The topological polar surface area (TPSA) is 76.5 Å². The van der Waals surface area contributed by atoms with Crippen molar-refractivity contribution in [1.29, 1.82) is 0 Å². The Morgan fingerprint density at radius 1 is 1.03 bits per heavy atom. The number of ether oxygens (including phenoxy) is 2. The first-order valence-electron chi connectivity index (χ1n) is 12.4. The molecule has 34 heavy (non-hydrogen) atoms. The van der Waals surface area contributed by atoms with E-state index in [1.807, 2.05) is 6.07 Å². The maximum Gasteiger partial charge on any atom is 0.234 e. The molecule has 0 spiro atoms. The number of halogens is 2. The molecule has 2 N–H and O–H groups in total. The summed E-state index contributed by atoms with van der Waals surface area (Å²) in [5.41, 5.74) is 3.18. The maximum absolute atomic E-state index is 10.2. The molecule has 1 saturated carbocycles. The summed E-state index contributed by atoms with van der Waals surface area (Å²) >= 11 is 0. The molecule has 1 saturated heterocycles. The van der Waals surface area contributed by atoms with Crippen molar-refractivity contribution in [3.05, 3.63) is 36.0 Å². The molecule has 190 valence electrons. The number of aryl methyl sites for hydroxylation is 1. The zero-order valence-electron chi connectivity index (χ0n) is 20.1. The van der Waals surface area contributed by atoms with E-state index in [9.17, 15) is 5.11 Å². The van der Waals surface area contributed by atoms with Gasteiger partial charge in [0.1, 0.15) is 5.75 Å². The van der Waals surface area contributed by atoms with Crippen molar-refractivity contribution < 1.29 is 14.6 Å². The molecule has 0 amide bonds. The van der Waals surface area contributed by atoms with Crippen LogP contribution in [0.2, 0.25) is 0 Å². The largest absolute Gasteiger partial charge is 0.490 e. The summed E-state index contributed by atoms with van der Waals surface area (Å²) in [6.07, 6.45) is 10.1. The lowest BCUT2D eigenvalue weighted by Gasteiger charge is -2.27. The summed E-state index contributed by atoms with van der Waals surface area (Å²) < 4.78 is 12.2. The summed E-state index contributed by atoms with van der Waals surface area (Å²) in [5.74, 6) is 1.58. The molecule has 1 aliphatic heterocycles. The fourth-order valence-electron chi connectivity index (χ4n) is 4.62. The molecule has 1 aromatic carbocycles. The van der Waals surface area contributed by atoms with Crippen LogP contribution in [0.25, 0.3) is 11.1 Å². The first-order valence-corrected chi connectivity index (χ1v) is 12.4. The fourth-order valence-corrected chi connectivity index (χ4v) is 4.62. The summed E-state index contributed by atoms with van der Waals surface area (Å²) in [5, 5.41) is 22.2. The number of hydrogen-bond donors (Lipinski definition) is 2. The number of aliphatic hydroxyl groups excluding tert-OH is 1. The number of rotatable bonds is 9. The predicted octanol–water partition coefficient (Wildman–Crippen LogP) is 5.39. The number of aromatic nitrogens is 2. The van der Waals surface area contributed by atoms with Crippen LogP contribution < -0.4 is 14.8 Å². The Morgan fingerprint density at radius 2 is 1.79 bits per heavy atom. The molecule has 2 fully saturated rings. The van der Waals surface area contributed by atoms with Crippen LogP contribution in [0, 0.1) is 5.92 Å². The van der Waals surface area contributed by atoms with Gasteiger partial charge in [-0.2, -0.15) is 5.10 Å². The Hall–Kier alpha value is -1.60. The number of β-amino-alcohol motifs (C(OH)–C–C–N with tert-alkyl or cyclic N) is 1. The van der Waals surface area contributed by atoms with E-state index in [-0.39, 0.29) is 36.8 Å². The number of nitrogens with zero attached hydrogens (tertiary/aromatic N) is 2. The van der Waals surface area contributed by atoms with E-state index in [1.54, 1.807) is 0 Å². The fraction of sp³-hybridized carbons (Fsp3) is 0.615. The third-order valence-electron chi connectivity index (χ3n) is 6.67. The van der Waals surface area contributed by atoms with Gasteiger partial charge >= 0.3 is 0 Å². The van der Waals surface area contributed by atoms with Crippen molar-refractivity contribution in [2.75, 3.05) is 19.7 Å². The van der Waals surface area contributed by atoms with Crippen molar-refractivity contribution in [3.8, 4) is 22.8 Å². The van der Waals surface area contributed by atoms with Gasteiger partial charge in [0, 0.05) is 24.1 Å². The minimum Gasteiger partial charge on any atom is -0.490 e. The van der Waals surface area contributed by atoms with E-state index >= 15 is 0 Å². The molecule has 4 rings (SSSR count). The van der Waals surface area contributed by atoms with Crippen LogP contribution in [0.5, 0.6) is 11.6 Å². The molecular formula is C26H39Cl2N3O3. The van der Waals surface area contributed by atoms with E-state index in [1.165, 1.54) is 19.3 Å². The summed E-state index contributed by atoms with van der Waals surface area (Å²) in [6.45, 7) is 4.18. The minimum absolute atomic E-state index is 0. The van der Waals surface area contributed by atoms with Gasteiger partial charge in [-0.15, -0.1) is 29.9 Å². The van der Waals surface area contributed by atoms with Crippen molar-refractivity contribution >= 4 is 24.8 Å². The van der Waals surface area contributed by atoms with E-state index in [4.69, 9.17) is 9.47 Å². The average Bonchev–Trinajstić information content (AvgIpc) is 2.84. The Morgan fingerprint density at radius 3 is 2.50 bits per heavy atom. The molecule has 2 atom stereocenters. The molecule has 2 aromatic rings. The lowest BCUT2D eigenvalue weighted by atomic mass is 9.96. The van der Waals surface area contributed by atoms with Crippen LogP contribution in [0.15, 0.2) is 30.3 Å². The minimum atomic E-state index is -0.378. The average molecular weight is 513 g/mol. The maximum atomic E-state index is 10.2. The monoisotopic (exact) mass is 511 g/mol. The highest BCUT2D eigenvalue weighted by atomic mass is 35.5. The van der Waals surface area contributed by atoms with Crippen LogP contribution in [-0.2, 0) is 6.42 Å². The van der Waals surface area contributed by atoms with E-state index in [2.05, 4.69) is 46.7 Å². The first-order chi connectivity index (χ1) is 15.7. The zero-order valence-corrected chi connectivity index (χ0v) is 21.7. The number of benzene rings is 1. The summed E-state index contributed by atoms with van der Waals surface area (Å²) in [6, 6.07) is 10.4. The molecule has 6 nitrogen and oxygen atoms in total. The van der Waals surface area contributed by atoms with Crippen LogP contribution in [0.1, 0.15) is 64.0 Å². The third-order valence-corrected chi connectivity index (χ3v) is 6.67. The van der Waals surface area contributed by atoms with Crippen LogP contribution in [0.4, 0.5) is 0 Å². The molecule has 2 heterocycles. The van der Waals surface area contributed by atoms with Gasteiger partial charge in [-0.1, -0.05) is 31.9 Å². The summed E-state index contributed by atoms with van der Waals surface area (Å²) in [4.78, 5) is 0. The zero-order chi connectivity index (χ0) is 22.2. The summed E-state index contributed by atoms with van der Waals surface area (Å²) in [7, 11) is 0. The van der Waals surface area contributed by atoms with Crippen molar-refractivity contribution in [3.63, 3.8) is 0 Å². The quantitative estimate of drug-likeness (QED) is 0.469. The molecule has 0 bridgehead atoms. The highest BCUT2D eigenvalue weighted by molar-refractivity contribution is 5.85. The second kappa shape index (κ2) is 14.7. The van der Waals surface area contributed by atoms with Crippen LogP contribution >= 0.6 is 24.8 Å². The first kappa shape index (κ1) is 28.6. The Bertz CT molecular complexity index is 848. The molecule has 0 radical (unpaired) electrons. The molecule has 0 unspecified atom stereocenters. The number of aliphatic hydroxyl groups is 1. The molecule has 1 aromatic heterocycles. The smallest absolute Gasteiger partial charge is 0.234 e. The van der Waals surface area contributed by atoms with Crippen molar-refractivity contribution in [2.24, 2.45) is 5.92 Å². The Labute approximate surface area is 216 Å². The highest BCUT2D eigenvalue weighted by Gasteiger charge is 2.24. The number of hydrogen-bond acceptors (Lipinski definition) is 6. The standard InChI is InChI=1S/C26H37N3O3.2ClH/c1-2-3-9-24-23(16-26(29-28-24)31-18-20-14-15-27-17-25(20)30)19-10-12-22(13-11-19)32-21-7-5-4-6-8-21;;/h10-13,16,20-21,25,27,30H,2-9,14-15,17-18H2,1H3;2*1H/t20-,25-;;/m1../s1. The predicted molar refractivity (Wildman–Crippen MR) is 141 cm³/mol. The lowest BCUT2D eigenvalue weighted by Crippen LogP contribution is -2.42. The molecule has 1 aliphatic carbocycles. The lowest BCUT2D eigenvalue weighted by molar-refractivity contribution is 0.0512. The Kier molecular flexibility index (Phi) is 12.4. The third kappa shape index (κ3) is 7.98. The van der Waals surface area contributed by atoms with Crippen molar-refractivity contribution in [2.45, 2.75) is 76.9 Å². The van der Waals surface area contributed by atoms with Gasteiger partial charge in [-0.05, 0) is 69.2 Å². The van der Waals surface area contributed by atoms with Gasteiger partial charge < -0.3 is 19.9 Å². The molecule has 8 heteroatoms. The van der Waals surface area contributed by atoms with Gasteiger partial charge in [0.05, 0.1) is 24.5 Å². The Balaban J connectivity index is 0.00000204. The van der Waals surface area contributed by atoms with E-state index in [0.29, 0.717) is 25.1 Å². The molecular weight excluding hydrogens is 473 g/mol. The highest BCUT2D eigenvalue weighted by Crippen LogP contribution is 2.30. The van der Waals surface area contributed by atoms with E-state index < -0.39 is 0 Å². The van der Waals surface area contributed by atoms with Crippen molar-refractivity contribution in [1.82, 2.24) is 15.5 Å².